The molecule has 2 fully saturated rings. The van der Waals surface area contributed by atoms with Crippen LogP contribution in [0, 0.1) is 0 Å². The number of likely N-dealkylation sites (tertiary alicyclic amines) is 1. The summed E-state index contributed by atoms with van der Waals surface area (Å²) >= 11 is 0. The predicted molar refractivity (Wildman–Crippen MR) is 94.8 cm³/mol. The summed E-state index contributed by atoms with van der Waals surface area (Å²) in [5, 5.41) is 0. The van der Waals surface area contributed by atoms with E-state index in [1.807, 2.05) is 0 Å². The Morgan fingerprint density at radius 1 is 0.955 bits per heavy atom. The number of hydrogen-bond acceptors (Lipinski definition) is 3. The van der Waals surface area contributed by atoms with Crippen LogP contribution in [0.15, 0.2) is 24.3 Å². The first kappa shape index (κ1) is 15.8. The Hall–Kier alpha value is -1.06. The molecule has 2 aliphatic heterocycles. The van der Waals surface area contributed by atoms with Gasteiger partial charge in [-0.1, -0.05) is 26.0 Å². The first-order valence-corrected chi connectivity index (χ1v) is 9.02. The fourth-order valence-electron chi connectivity index (χ4n) is 4.05. The molecule has 22 heavy (non-hydrogen) atoms. The van der Waals surface area contributed by atoms with Crippen LogP contribution in [0.25, 0.3) is 0 Å². The van der Waals surface area contributed by atoms with Gasteiger partial charge in [0.05, 0.1) is 0 Å². The van der Waals surface area contributed by atoms with E-state index in [-0.39, 0.29) is 0 Å². The molecule has 0 bridgehead atoms. The molecule has 0 aromatic heterocycles. The molecule has 3 nitrogen and oxygen atoms in total. The molecule has 2 aliphatic rings. The van der Waals surface area contributed by atoms with Gasteiger partial charge in [-0.05, 0) is 56.6 Å². The van der Waals surface area contributed by atoms with Crippen LogP contribution < -0.4 is 4.90 Å². The number of piperazine rings is 1. The summed E-state index contributed by atoms with van der Waals surface area (Å²) in [4.78, 5) is 7.68. The Bertz CT molecular complexity index is 470. The van der Waals surface area contributed by atoms with Crippen molar-refractivity contribution in [2.45, 2.75) is 39.2 Å². The fraction of sp³-hybridized carbons (Fsp3) is 0.684. The van der Waals surface area contributed by atoms with Crippen molar-refractivity contribution in [1.82, 2.24) is 9.80 Å². The number of rotatable bonds is 4. The van der Waals surface area contributed by atoms with E-state index in [1.54, 1.807) is 0 Å². The fourth-order valence-corrected chi connectivity index (χ4v) is 4.05. The van der Waals surface area contributed by atoms with Crippen molar-refractivity contribution >= 4 is 5.69 Å². The Balaban J connectivity index is 1.62. The van der Waals surface area contributed by atoms with E-state index in [9.17, 15) is 0 Å². The van der Waals surface area contributed by atoms with E-state index < -0.39 is 0 Å². The van der Waals surface area contributed by atoms with Gasteiger partial charge in [-0.25, -0.2) is 0 Å². The van der Waals surface area contributed by atoms with Crippen molar-refractivity contribution in [3.05, 3.63) is 29.8 Å². The van der Waals surface area contributed by atoms with Gasteiger partial charge in [-0.2, -0.15) is 0 Å². The summed E-state index contributed by atoms with van der Waals surface area (Å²) in [5.41, 5.74) is 2.93. The molecular weight excluding hydrogens is 270 g/mol. The van der Waals surface area contributed by atoms with Gasteiger partial charge in [0.2, 0.25) is 0 Å². The zero-order valence-corrected chi connectivity index (χ0v) is 14.5. The maximum absolute atomic E-state index is 2.57. The Morgan fingerprint density at radius 3 is 2.32 bits per heavy atom. The Kier molecular flexibility index (Phi) is 5.04. The number of hydrogen-bond donors (Lipinski definition) is 0. The van der Waals surface area contributed by atoms with E-state index in [0.717, 1.165) is 19.0 Å². The highest BCUT2D eigenvalue weighted by Crippen LogP contribution is 2.29. The molecule has 0 N–H and O–H groups in total. The number of benzene rings is 1. The lowest BCUT2D eigenvalue weighted by molar-refractivity contribution is 0.199. The highest BCUT2D eigenvalue weighted by atomic mass is 15.3. The van der Waals surface area contributed by atoms with Gasteiger partial charge in [-0.15, -0.1) is 0 Å². The highest BCUT2D eigenvalue weighted by molar-refractivity contribution is 5.49. The molecule has 1 aromatic rings. The van der Waals surface area contributed by atoms with Crippen LogP contribution >= 0.6 is 0 Å². The second kappa shape index (κ2) is 7.01. The van der Waals surface area contributed by atoms with Crippen LogP contribution in [-0.2, 0) is 0 Å². The smallest absolute Gasteiger partial charge is 0.0367 e. The molecule has 3 heteroatoms. The molecule has 0 aliphatic carbocycles. The molecule has 0 amide bonds. The third-order valence-corrected chi connectivity index (χ3v) is 5.62. The molecule has 0 spiro atoms. The van der Waals surface area contributed by atoms with Crippen LogP contribution in [0.4, 0.5) is 5.69 Å². The van der Waals surface area contributed by atoms with Crippen molar-refractivity contribution in [3.8, 4) is 0 Å². The lowest BCUT2D eigenvalue weighted by Gasteiger charge is -2.40. The largest absolute Gasteiger partial charge is 0.369 e. The molecule has 2 saturated heterocycles. The van der Waals surface area contributed by atoms with Gasteiger partial charge >= 0.3 is 0 Å². The minimum Gasteiger partial charge on any atom is -0.369 e. The van der Waals surface area contributed by atoms with Crippen molar-refractivity contribution in [2.24, 2.45) is 0 Å². The second-order valence-corrected chi connectivity index (χ2v) is 6.89. The van der Waals surface area contributed by atoms with Crippen molar-refractivity contribution in [2.75, 3.05) is 50.7 Å². The Labute approximate surface area is 135 Å². The quantitative estimate of drug-likeness (QED) is 0.846. The molecule has 3 rings (SSSR count). The van der Waals surface area contributed by atoms with E-state index >= 15 is 0 Å². The lowest BCUT2D eigenvalue weighted by Crippen LogP contribution is -2.51. The van der Waals surface area contributed by atoms with Gasteiger partial charge < -0.3 is 9.80 Å². The minimum absolute atomic E-state index is 0.659. The summed E-state index contributed by atoms with van der Waals surface area (Å²) in [5.74, 6) is 0.741. The average Bonchev–Trinajstić information content (AvgIpc) is 3.04. The molecule has 2 unspecified atom stereocenters. The van der Waals surface area contributed by atoms with E-state index in [4.69, 9.17) is 0 Å². The number of nitrogens with zero attached hydrogens (tertiary/aromatic N) is 3. The highest BCUT2D eigenvalue weighted by Gasteiger charge is 2.24. The van der Waals surface area contributed by atoms with Crippen LogP contribution in [0.5, 0.6) is 0 Å². The number of likely N-dealkylation sites (N-methyl/N-ethyl adjacent to an activating group) is 2. The molecule has 2 atom stereocenters. The first-order chi connectivity index (χ1) is 10.7. The van der Waals surface area contributed by atoms with E-state index in [0.29, 0.717) is 6.04 Å². The maximum atomic E-state index is 2.57. The zero-order valence-electron chi connectivity index (χ0n) is 14.5. The predicted octanol–water partition coefficient (Wildman–Crippen LogP) is 3.03. The lowest BCUT2D eigenvalue weighted by atomic mass is 9.98. The Morgan fingerprint density at radius 2 is 1.73 bits per heavy atom. The van der Waals surface area contributed by atoms with Crippen molar-refractivity contribution in [3.63, 3.8) is 0 Å². The van der Waals surface area contributed by atoms with Gasteiger partial charge in [0.15, 0.2) is 0 Å². The van der Waals surface area contributed by atoms with Gasteiger partial charge in [-0.3, -0.25) is 4.90 Å². The van der Waals surface area contributed by atoms with Crippen LogP contribution in [-0.4, -0.2) is 61.7 Å². The summed E-state index contributed by atoms with van der Waals surface area (Å²) in [6.07, 6.45) is 1.32. The van der Waals surface area contributed by atoms with Gasteiger partial charge in [0.1, 0.15) is 0 Å². The average molecular weight is 301 g/mol. The third-order valence-electron chi connectivity index (χ3n) is 5.62. The maximum Gasteiger partial charge on any atom is 0.0367 e. The molecular formula is C19H31N3. The summed E-state index contributed by atoms with van der Waals surface area (Å²) in [6, 6.07) is 10.1. The zero-order chi connectivity index (χ0) is 15.5. The molecule has 122 valence electrons. The third kappa shape index (κ3) is 3.31. The summed E-state index contributed by atoms with van der Waals surface area (Å²) in [6.45, 7) is 15.2. The van der Waals surface area contributed by atoms with Crippen LogP contribution in [0.2, 0.25) is 0 Å². The van der Waals surface area contributed by atoms with Crippen molar-refractivity contribution in [1.29, 1.82) is 0 Å². The summed E-state index contributed by atoms with van der Waals surface area (Å²) < 4.78 is 0. The second-order valence-electron chi connectivity index (χ2n) is 6.89. The monoisotopic (exact) mass is 301 g/mol. The summed E-state index contributed by atoms with van der Waals surface area (Å²) in [7, 11) is 0. The van der Waals surface area contributed by atoms with Crippen LogP contribution in [0.3, 0.4) is 0 Å². The van der Waals surface area contributed by atoms with E-state index in [2.05, 4.69) is 59.7 Å². The van der Waals surface area contributed by atoms with Gasteiger partial charge in [0, 0.05) is 37.9 Å². The molecule has 0 radical (unpaired) electrons. The van der Waals surface area contributed by atoms with Crippen LogP contribution in [0.1, 0.15) is 38.7 Å². The van der Waals surface area contributed by atoms with E-state index in [1.165, 1.54) is 50.4 Å². The van der Waals surface area contributed by atoms with Gasteiger partial charge in [0.25, 0.3) is 0 Å². The molecule has 2 heterocycles. The first-order valence-electron chi connectivity index (χ1n) is 9.02. The molecule has 0 saturated carbocycles. The number of anilines is 1. The minimum atomic E-state index is 0.659. The normalized spacial score (nSPS) is 27.5. The standard InChI is InChI=1S/C19H31N3/c1-4-20-11-10-18(15-20)17-6-8-19(9-7-17)22-13-12-21(5-2)16(3)14-22/h6-9,16,18H,4-5,10-15H2,1-3H3. The molecule has 1 aromatic carbocycles. The van der Waals surface area contributed by atoms with Crippen molar-refractivity contribution < 1.29 is 0 Å². The SMILES string of the molecule is CCN1CCC(c2ccc(N3CCN(CC)C(C)C3)cc2)C1. The topological polar surface area (TPSA) is 9.72 Å².